The summed E-state index contributed by atoms with van der Waals surface area (Å²) >= 11 is 3.59. The second-order valence-corrected chi connectivity index (χ2v) is 5.70. The van der Waals surface area contributed by atoms with Crippen LogP contribution >= 0.6 is 15.9 Å². The molecule has 0 amide bonds. The molecule has 2 nitrogen and oxygen atoms in total. The highest BCUT2D eigenvalue weighted by Crippen LogP contribution is 2.29. The van der Waals surface area contributed by atoms with Crippen LogP contribution in [0, 0.1) is 5.92 Å². The van der Waals surface area contributed by atoms with Crippen molar-refractivity contribution in [3.63, 3.8) is 0 Å². The SMILES string of the molecule is CC1CCN(c2nc3ccccc3cc2CBr)C1. The number of benzene rings is 1. The van der Waals surface area contributed by atoms with Gasteiger partial charge in [-0.15, -0.1) is 0 Å². The third-order valence-corrected chi connectivity index (χ3v) is 4.25. The van der Waals surface area contributed by atoms with Crippen molar-refractivity contribution in [1.29, 1.82) is 0 Å². The van der Waals surface area contributed by atoms with Crippen LogP contribution < -0.4 is 4.90 Å². The molecule has 1 aliphatic heterocycles. The van der Waals surface area contributed by atoms with Gasteiger partial charge in [-0.05, 0) is 24.5 Å². The summed E-state index contributed by atoms with van der Waals surface area (Å²) in [5, 5.41) is 2.09. The van der Waals surface area contributed by atoms with Gasteiger partial charge in [0.15, 0.2) is 0 Å². The summed E-state index contributed by atoms with van der Waals surface area (Å²) in [5.41, 5.74) is 2.39. The fourth-order valence-electron chi connectivity index (χ4n) is 2.65. The number of alkyl halides is 1. The monoisotopic (exact) mass is 304 g/mol. The number of halogens is 1. The average molecular weight is 305 g/mol. The molecular formula is C15H17BrN2. The highest BCUT2D eigenvalue weighted by atomic mass is 79.9. The van der Waals surface area contributed by atoms with Crippen LogP contribution in [0.1, 0.15) is 18.9 Å². The Bertz CT molecular complexity index is 567. The fraction of sp³-hybridized carbons (Fsp3) is 0.400. The Balaban J connectivity index is 2.09. The Kier molecular flexibility index (Phi) is 3.25. The normalized spacial score (nSPS) is 19.7. The lowest BCUT2D eigenvalue weighted by molar-refractivity contribution is 0.659. The van der Waals surface area contributed by atoms with E-state index < -0.39 is 0 Å². The lowest BCUT2D eigenvalue weighted by Crippen LogP contribution is -2.21. The summed E-state index contributed by atoms with van der Waals surface area (Å²) < 4.78 is 0. The van der Waals surface area contributed by atoms with Crippen molar-refractivity contribution in [2.24, 2.45) is 5.92 Å². The van der Waals surface area contributed by atoms with Gasteiger partial charge in [0.25, 0.3) is 0 Å². The molecule has 18 heavy (non-hydrogen) atoms. The van der Waals surface area contributed by atoms with E-state index in [-0.39, 0.29) is 0 Å². The predicted octanol–water partition coefficient (Wildman–Crippen LogP) is 3.98. The summed E-state index contributed by atoms with van der Waals surface area (Å²) in [7, 11) is 0. The Morgan fingerprint density at radius 3 is 2.94 bits per heavy atom. The number of rotatable bonds is 2. The summed E-state index contributed by atoms with van der Waals surface area (Å²) in [4.78, 5) is 7.28. The first-order valence-electron chi connectivity index (χ1n) is 6.47. The molecule has 0 aliphatic carbocycles. The standard InChI is InChI=1S/C15H17BrN2/c1-11-6-7-18(10-11)15-13(9-16)8-12-4-2-3-5-14(12)17-15/h2-5,8,11H,6-7,9-10H2,1H3. The van der Waals surface area contributed by atoms with Gasteiger partial charge >= 0.3 is 0 Å². The lowest BCUT2D eigenvalue weighted by atomic mass is 10.1. The van der Waals surface area contributed by atoms with Crippen molar-refractivity contribution in [3.8, 4) is 0 Å². The first-order valence-corrected chi connectivity index (χ1v) is 7.59. The van der Waals surface area contributed by atoms with Crippen molar-refractivity contribution in [2.45, 2.75) is 18.7 Å². The van der Waals surface area contributed by atoms with Gasteiger partial charge < -0.3 is 4.90 Å². The zero-order chi connectivity index (χ0) is 12.5. The fourth-order valence-corrected chi connectivity index (χ4v) is 3.06. The zero-order valence-corrected chi connectivity index (χ0v) is 12.2. The van der Waals surface area contributed by atoms with Gasteiger partial charge in [-0.1, -0.05) is 41.1 Å². The summed E-state index contributed by atoms with van der Waals surface area (Å²) in [5.74, 6) is 1.94. The van der Waals surface area contributed by atoms with E-state index >= 15 is 0 Å². The molecule has 1 aromatic carbocycles. The molecule has 2 aromatic rings. The Morgan fingerprint density at radius 2 is 2.22 bits per heavy atom. The van der Waals surface area contributed by atoms with E-state index in [0.29, 0.717) is 0 Å². The third-order valence-electron chi connectivity index (χ3n) is 3.65. The topological polar surface area (TPSA) is 16.1 Å². The first kappa shape index (κ1) is 12.0. The molecule has 1 unspecified atom stereocenters. The molecule has 94 valence electrons. The molecule has 0 N–H and O–H groups in total. The molecule has 1 aliphatic rings. The Labute approximate surface area is 116 Å². The Hall–Kier alpha value is -1.09. The van der Waals surface area contributed by atoms with Gasteiger partial charge in [0.05, 0.1) is 5.52 Å². The maximum absolute atomic E-state index is 4.86. The van der Waals surface area contributed by atoms with Crippen LogP contribution in [0.4, 0.5) is 5.82 Å². The molecule has 1 saturated heterocycles. The maximum Gasteiger partial charge on any atom is 0.133 e. The van der Waals surface area contributed by atoms with E-state index in [1.165, 1.54) is 17.4 Å². The number of hydrogen-bond acceptors (Lipinski definition) is 2. The number of fused-ring (bicyclic) bond motifs is 1. The molecule has 2 heterocycles. The quantitative estimate of drug-likeness (QED) is 0.780. The zero-order valence-electron chi connectivity index (χ0n) is 10.6. The smallest absolute Gasteiger partial charge is 0.133 e. The molecular weight excluding hydrogens is 288 g/mol. The van der Waals surface area contributed by atoms with Crippen LogP contribution in [0.3, 0.4) is 0 Å². The second-order valence-electron chi connectivity index (χ2n) is 5.14. The van der Waals surface area contributed by atoms with Crippen LogP contribution in [0.25, 0.3) is 10.9 Å². The van der Waals surface area contributed by atoms with Gasteiger partial charge in [-0.2, -0.15) is 0 Å². The van der Waals surface area contributed by atoms with Crippen molar-refractivity contribution in [1.82, 2.24) is 4.98 Å². The summed E-state index contributed by atoms with van der Waals surface area (Å²) in [6.07, 6.45) is 1.27. The molecule has 0 saturated carbocycles. The van der Waals surface area contributed by atoms with Gasteiger partial charge in [0, 0.05) is 29.4 Å². The number of para-hydroxylation sites is 1. The van der Waals surface area contributed by atoms with Crippen molar-refractivity contribution >= 4 is 32.7 Å². The van der Waals surface area contributed by atoms with Gasteiger partial charge in [-0.25, -0.2) is 4.98 Å². The molecule has 3 heteroatoms. The highest BCUT2D eigenvalue weighted by molar-refractivity contribution is 9.08. The Morgan fingerprint density at radius 1 is 1.39 bits per heavy atom. The predicted molar refractivity (Wildman–Crippen MR) is 80.4 cm³/mol. The maximum atomic E-state index is 4.86. The van der Waals surface area contributed by atoms with Crippen LogP contribution in [0.2, 0.25) is 0 Å². The minimum atomic E-state index is 0.779. The lowest BCUT2D eigenvalue weighted by Gasteiger charge is -2.20. The van der Waals surface area contributed by atoms with Crippen LogP contribution in [-0.2, 0) is 5.33 Å². The van der Waals surface area contributed by atoms with E-state index in [4.69, 9.17) is 4.98 Å². The van der Waals surface area contributed by atoms with Gasteiger partial charge in [0.1, 0.15) is 5.82 Å². The number of pyridine rings is 1. The molecule has 3 rings (SSSR count). The first-order chi connectivity index (χ1) is 8.78. The third kappa shape index (κ3) is 2.12. The number of aromatic nitrogens is 1. The van der Waals surface area contributed by atoms with Gasteiger partial charge in [-0.3, -0.25) is 0 Å². The van der Waals surface area contributed by atoms with Crippen molar-refractivity contribution in [3.05, 3.63) is 35.9 Å². The average Bonchev–Trinajstić information content (AvgIpc) is 2.83. The minimum Gasteiger partial charge on any atom is -0.356 e. The van der Waals surface area contributed by atoms with Crippen LogP contribution in [0.5, 0.6) is 0 Å². The van der Waals surface area contributed by atoms with E-state index in [1.54, 1.807) is 0 Å². The van der Waals surface area contributed by atoms with E-state index in [0.717, 1.165) is 35.7 Å². The van der Waals surface area contributed by atoms with Crippen LogP contribution in [0.15, 0.2) is 30.3 Å². The number of hydrogen-bond donors (Lipinski definition) is 0. The largest absolute Gasteiger partial charge is 0.356 e. The number of nitrogens with zero attached hydrogens (tertiary/aromatic N) is 2. The molecule has 0 spiro atoms. The molecule has 0 radical (unpaired) electrons. The summed E-state index contributed by atoms with van der Waals surface area (Å²) in [6.45, 7) is 4.58. The van der Waals surface area contributed by atoms with Gasteiger partial charge in [0.2, 0.25) is 0 Å². The number of anilines is 1. The minimum absolute atomic E-state index is 0.779. The van der Waals surface area contributed by atoms with Crippen molar-refractivity contribution in [2.75, 3.05) is 18.0 Å². The van der Waals surface area contributed by atoms with E-state index in [2.05, 4.69) is 58.1 Å². The second kappa shape index (κ2) is 4.88. The molecule has 1 fully saturated rings. The highest BCUT2D eigenvalue weighted by Gasteiger charge is 2.22. The van der Waals surface area contributed by atoms with E-state index in [9.17, 15) is 0 Å². The summed E-state index contributed by atoms with van der Waals surface area (Å²) in [6, 6.07) is 10.6. The molecule has 1 atom stereocenters. The van der Waals surface area contributed by atoms with Crippen LogP contribution in [-0.4, -0.2) is 18.1 Å². The molecule has 1 aromatic heterocycles. The van der Waals surface area contributed by atoms with Crippen molar-refractivity contribution < 1.29 is 0 Å². The van der Waals surface area contributed by atoms with E-state index in [1.807, 2.05) is 0 Å². The molecule has 0 bridgehead atoms.